The summed E-state index contributed by atoms with van der Waals surface area (Å²) in [6.45, 7) is 0.967. The third-order valence-electron chi connectivity index (χ3n) is 5.76. The lowest BCUT2D eigenvalue weighted by atomic mass is 9.76. The molecule has 28 heavy (non-hydrogen) atoms. The van der Waals surface area contributed by atoms with E-state index in [4.69, 9.17) is 9.88 Å². The number of urea groups is 1. The molecular formula is C18H22N6O3S. The second-order valence-electron chi connectivity index (χ2n) is 7.41. The van der Waals surface area contributed by atoms with Crippen LogP contribution >= 0.6 is 0 Å². The van der Waals surface area contributed by atoms with Crippen molar-refractivity contribution in [1.82, 2.24) is 15.1 Å². The second kappa shape index (κ2) is 6.29. The van der Waals surface area contributed by atoms with E-state index in [0.717, 1.165) is 42.5 Å². The van der Waals surface area contributed by atoms with Crippen LogP contribution in [0.15, 0.2) is 21.5 Å². The molecule has 0 unspecified atom stereocenters. The van der Waals surface area contributed by atoms with Crippen LogP contribution in [0.5, 0.6) is 5.88 Å². The SMILES string of the molecule is CN[C@@H]1COc2c([S@](N)(=O)=NC(=O)Nc3c4c(cc5c3CC5)CC4)cnn2C1. The Morgan fingerprint density at radius 2 is 2.04 bits per heavy atom. The van der Waals surface area contributed by atoms with Gasteiger partial charge in [0.15, 0.2) is 9.92 Å². The molecule has 0 bridgehead atoms. The zero-order valence-electron chi connectivity index (χ0n) is 15.5. The van der Waals surface area contributed by atoms with Gasteiger partial charge in [-0.25, -0.2) is 18.8 Å². The number of aromatic nitrogens is 2. The molecular weight excluding hydrogens is 380 g/mol. The Kier molecular flexibility index (Phi) is 3.97. The second-order valence-corrected chi connectivity index (χ2v) is 9.17. The van der Waals surface area contributed by atoms with E-state index in [2.05, 4.69) is 26.2 Å². The molecule has 3 aliphatic rings. The summed E-state index contributed by atoms with van der Waals surface area (Å²) in [5, 5.41) is 16.1. The first-order valence-electron chi connectivity index (χ1n) is 9.34. The summed E-state index contributed by atoms with van der Waals surface area (Å²) >= 11 is 0. The first-order chi connectivity index (χ1) is 13.5. The van der Waals surface area contributed by atoms with Crippen molar-refractivity contribution in [3.8, 4) is 5.88 Å². The number of nitrogens with one attached hydrogen (secondary N) is 2. The minimum Gasteiger partial charge on any atom is -0.475 e. The fraction of sp³-hybridized carbons (Fsp3) is 0.444. The molecule has 4 N–H and O–H groups in total. The third-order valence-corrected chi connectivity index (χ3v) is 7.11. The highest BCUT2D eigenvalue weighted by Gasteiger charge is 2.30. The van der Waals surface area contributed by atoms with Gasteiger partial charge < -0.3 is 15.4 Å². The van der Waals surface area contributed by atoms with E-state index in [-0.39, 0.29) is 10.9 Å². The van der Waals surface area contributed by atoms with E-state index in [1.54, 1.807) is 4.68 Å². The van der Waals surface area contributed by atoms with Gasteiger partial charge in [-0.15, -0.1) is 4.36 Å². The van der Waals surface area contributed by atoms with E-state index in [1.165, 1.54) is 17.3 Å². The number of likely N-dealkylation sites (N-methyl/N-ethyl adjacent to an activating group) is 1. The molecule has 0 fully saturated rings. The number of amides is 2. The number of nitrogens with two attached hydrogens (primary N) is 1. The number of carbonyl (C=O) groups is 1. The quantitative estimate of drug-likeness (QED) is 0.706. The lowest BCUT2D eigenvalue weighted by molar-refractivity contribution is 0.184. The van der Waals surface area contributed by atoms with Crippen molar-refractivity contribution in [3.63, 3.8) is 0 Å². The highest BCUT2D eigenvalue weighted by atomic mass is 32.2. The van der Waals surface area contributed by atoms with Crippen LogP contribution in [0.1, 0.15) is 22.3 Å². The molecule has 1 aromatic carbocycles. The van der Waals surface area contributed by atoms with Crippen LogP contribution in [-0.2, 0) is 42.1 Å². The molecule has 148 valence electrons. The molecule has 1 aromatic heterocycles. The molecule has 2 aromatic rings. The zero-order chi connectivity index (χ0) is 19.5. The number of aryl methyl sites for hydroxylation is 2. The number of fused-ring (bicyclic) bond motifs is 3. The average Bonchev–Trinajstić information content (AvgIpc) is 3.02. The van der Waals surface area contributed by atoms with Crippen LogP contribution in [-0.4, -0.2) is 39.7 Å². The van der Waals surface area contributed by atoms with Crippen LogP contribution in [0.25, 0.3) is 0 Å². The molecule has 9 nitrogen and oxygen atoms in total. The maximum absolute atomic E-state index is 13.0. The summed E-state index contributed by atoms with van der Waals surface area (Å²) in [5.41, 5.74) is 5.71. The van der Waals surface area contributed by atoms with Crippen LogP contribution < -0.4 is 20.5 Å². The molecule has 2 heterocycles. The van der Waals surface area contributed by atoms with Crippen molar-refractivity contribution < 1.29 is 13.7 Å². The molecule has 10 heteroatoms. The van der Waals surface area contributed by atoms with Crippen LogP contribution in [0.4, 0.5) is 10.5 Å². The van der Waals surface area contributed by atoms with E-state index in [1.807, 2.05) is 7.05 Å². The Morgan fingerprint density at radius 1 is 1.32 bits per heavy atom. The first kappa shape index (κ1) is 17.7. The molecule has 5 rings (SSSR count). The largest absolute Gasteiger partial charge is 0.475 e. The minimum absolute atomic E-state index is 0.101. The van der Waals surface area contributed by atoms with Crippen molar-refractivity contribution in [1.29, 1.82) is 0 Å². The Labute approximate surface area is 162 Å². The summed E-state index contributed by atoms with van der Waals surface area (Å²) < 4.78 is 24.0. The topological polar surface area (TPSA) is 124 Å². The number of hydrogen-bond donors (Lipinski definition) is 3. The van der Waals surface area contributed by atoms with Crippen LogP contribution in [0.2, 0.25) is 0 Å². The summed E-state index contributed by atoms with van der Waals surface area (Å²) in [4.78, 5) is 12.7. The third kappa shape index (κ3) is 2.71. The van der Waals surface area contributed by atoms with Crippen LogP contribution in [0, 0.1) is 0 Å². The van der Waals surface area contributed by atoms with E-state index < -0.39 is 15.9 Å². The standard InChI is InChI=1S/C18H22N6O3S/c1-20-12-8-24-17(27-9-12)15(7-21-24)28(19,26)23-18(25)22-16-13-4-2-10(13)6-11-3-5-14(11)16/h6-7,12,20H,2-5,8-9H2,1H3,(H3,19,22,23,25,26)/t12-,28+/m0/s1. The monoisotopic (exact) mass is 402 g/mol. The number of benzene rings is 1. The van der Waals surface area contributed by atoms with Gasteiger partial charge in [0.25, 0.3) is 0 Å². The highest BCUT2D eigenvalue weighted by molar-refractivity contribution is 7.91. The highest BCUT2D eigenvalue weighted by Crippen LogP contribution is 2.40. The smallest absolute Gasteiger partial charge is 0.354 e. The number of nitrogens with zero attached hydrogens (tertiary/aromatic N) is 3. The Morgan fingerprint density at radius 3 is 2.64 bits per heavy atom. The summed E-state index contributed by atoms with van der Waals surface area (Å²) in [6, 6.07) is 1.63. The average molecular weight is 402 g/mol. The van der Waals surface area contributed by atoms with Crippen LogP contribution in [0.3, 0.4) is 0 Å². The normalized spacial score (nSPS) is 21.0. The molecule has 2 aliphatic carbocycles. The number of hydrogen-bond acceptors (Lipinski definition) is 5. The first-order valence-corrected chi connectivity index (χ1v) is 10.9. The Bertz CT molecular complexity index is 1080. The number of carbonyl (C=O) groups excluding carboxylic acids is 1. The van der Waals surface area contributed by atoms with Gasteiger partial charge in [0, 0.05) is 5.69 Å². The van der Waals surface area contributed by atoms with Crippen molar-refractivity contribution >= 4 is 21.6 Å². The molecule has 1 aliphatic heterocycles. The molecule has 0 saturated carbocycles. The summed E-state index contributed by atoms with van der Waals surface area (Å²) in [7, 11) is -1.64. The predicted octanol–water partition coefficient (Wildman–Crippen LogP) is 0.993. The van der Waals surface area contributed by atoms with Crippen molar-refractivity contribution in [3.05, 3.63) is 34.5 Å². The van der Waals surface area contributed by atoms with Gasteiger partial charge in [-0.1, -0.05) is 6.07 Å². The Balaban J connectivity index is 1.43. The lowest BCUT2D eigenvalue weighted by Crippen LogP contribution is -2.40. The van der Waals surface area contributed by atoms with E-state index >= 15 is 0 Å². The van der Waals surface area contributed by atoms with Gasteiger partial charge in [0.05, 0.1) is 18.8 Å². The Hall–Kier alpha value is -2.43. The van der Waals surface area contributed by atoms with Gasteiger partial charge >= 0.3 is 6.03 Å². The molecule has 0 radical (unpaired) electrons. The number of rotatable bonds is 3. The molecule has 2 atom stereocenters. The van der Waals surface area contributed by atoms with Gasteiger partial charge in [0.1, 0.15) is 11.5 Å². The molecule has 0 saturated heterocycles. The zero-order valence-corrected chi connectivity index (χ0v) is 16.3. The minimum atomic E-state index is -3.48. The van der Waals surface area contributed by atoms with E-state index in [9.17, 15) is 9.00 Å². The maximum Gasteiger partial charge on any atom is 0.354 e. The lowest BCUT2D eigenvalue weighted by Gasteiger charge is -2.31. The van der Waals surface area contributed by atoms with Gasteiger partial charge in [0.2, 0.25) is 5.88 Å². The summed E-state index contributed by atoms with van der Waals surface area (Å²) in [6.07, 6.45) is 5.31. The van der Waals surface area contributed by atoms with E-state index in [0.29, 0.717) is 19.0 Å². The predicted molar refractivity (Wildman–Crippen MR) is 104 cm³/mol. The van der Waals surface area contributed by atoms with Crippen molar-refractivity contribution in [2.75, 3.05) is 19.0 Å². The maximum atomic E-state index is 13.0. The summed E-state index contributed by atoms with van der Waals surface area (Å²) in [5.74, 6) is 0.309. The van der Waals surface area contributed by atoms with Gasteiger partial charge in [-0.05, 0) is 55.0 Å². The molecule has 2 amide bonds. The fourth-order valence-electron chi connectivity index (χ4n) is 3.97. The molecule has 0 spiro atoms. The van der Waals surface area contributed by atoms with Crippen molar-refractivity contribution in [2.45, 2.75) is 43.2 Å². The fourth-order valence-corrected chi connectivity index (χ4v) is 4.98. The number of ether oxygens (including phenoxy) is 1. The number of anilines is 1. The van der Waals surface area contributed by atoms with Gasteiger partial charge in [-0.3, -0.25) is 0 Å². The van der Waals surface area contributed by atoms with Crippen molar-refractivity contribution in [2.24, 2.45) is 9.50 Å². The van der Waals surface area contributed by atoms with Gasteiger partial charge in [-0.2, -0.15) is 5.10 Å².